The average molecular weight is 291 g/mol. The molecule has 94 valence electrons. The summed E-state index contributed by atoms with van der Waals surface area (Å²) < 4.78 is 8.28. The van der Waals surface area contributed by atoms with E-state index in [0.29, 0.717) is 21.8 Å². The van der Waals surface area contributed by atoms with Gasteiger partial charge < -0.3 is 5.32 Å². The second-order valence-corrected chi connectivity index (χ2v) is 4.68. The van der Waals surface area contributed by atoms with Crippen molar-refractivity contribution < 1.29 is 4.79 Å². The van der Waals surface area contributed by atoms with Gasteiger partial charge in [0.1, 0.15) is 11.0 Å². The zero-order valence-electron chi connectivity index (χ0n) is 9.50. The molecule has 0 aliphatic rings. The quantitative estimate of drug-likeness (QED) is 0.788. The van der Waals surface area contributed by atoms with E-state index in [1.165, 1.54) is 12.4 Å². The second-order valence-electron chi connectivity index (χ2n) is 3.75. The Labute approximate surface area is 117 Å². The van der Waals surface area contributed by atoms with Gasteiger partial charge in [0.25, 0.3) is 5.91 Å². The van der Waals surface area contributed by atoms with Crippen LogP contribution >= 0.6 is 23.3 Å². The third-order valence-corrected chi connectivity index (χ3v) is 3.40. The summed E-state index contributed by atoms with van der Waals surface area (Å²) in [4.78, 5) is 16.0. The van der Waals surface area contributed by atoms with E-state index in [1.54, 1.807) is 12.1 Å². The van der Waals surface area contributed by atoms with Crippen LogP contribution in [0.15, 0.2) is 36.7 Å². The first-order valence-electron chi connectivity index (χ1n) is 5.38. The molecule has 1 N–H and O–H groups in total. The molecule has 1 aromatic carbocycles. The molecule has 1 amide bonds. The monoisotopic (exact) mass is 290 g/mol. The van der Waals surface area contributed by atoms with Crippen LogP contribution in [0.5, 0.6) is 0 Å². The summed E-state index contributed by atoms with van der Waals surface area (Å²) in [6.07, 6.45) is 2.95. The van der Waals surface area contributed by atoms with Crippen molar-refractivity contribution in [1.29, 1.82) is 0 Å². The lowest BCUT2D eigenvalue weighted by molar-refractivity contribution is 0.102. The molecule has 0 saturated heterocycles. The molecule has 0 saturated carbocycles. The fraction of sp³-hybridized carbons (Fsp3) is 0. The molecule has 0 unspecified atom stereocenters. The number of aromatic nitrogens is 3. The molecule has 7 heteroatoms. The summed E-state index contributed by atoms with van der Waals surface area (Å²) in [6, 6.07) is 7.00. The van der Waals surface area contributed by atoms with E-state index >= 15 is 0 Å². The number of halogens is 1. The van der Waals surface area contributed by atoms with Crippen molar-refractivity contribution in [2.75, 3.05) is 5.32 Å². The van der Waals surface area contributed by atoms with E-state index < -0.39 is 0 Å². The highest BCUT2D eigenvalue weighted by molar-refractivity contribution is 7.00. The van der Waals surface area contributed by atoms with Crippen molar-refractivity contribution in [3.63, 3.8) is 0 Å². The molecule has 0 aliphatic heterocycles. The Morgan fingerprint density at radius 3 is 3.00 bits per heavy atom. The van der Waals surface area contributed by atoms with Crippen LogP contribution in [0, 0.1) is 0 Å². The summed E-state index contributed by atoms with van der Waals surface area (Å²) in [5, 5.41) is 3.09. The number of fused-ring (bicyclic) bond motifs is 1. The van der Waals surface area contributed by atoms with Crippen molar-refractivity contribution in [3.05, 3.63) is 47.2 Å². The first-order chi connectivity index (χ1) is 9.25. The maximum absolute atomic E-state index is 12.1. The zero-order valence-corrected chi connectivity index (χ0v) is 11.1. The molecule has 0 bridgehead atoms. The molecule has 3 aromatic rings. The number of benzene rings is 1. The second kappa shape index (κ2) is 4.91. The van der Waals surface area contributed by atoms with Crippen LogP contribution in [0.2, 0.25) is 5.02 Å². The Morgan fingerprint density at radius 2 is 2.16 bits per heavy atom. The van der Waals surface area contributed by atoms with Gasteiger partial charge >= 0.3 is 0 Å². The number of pyridine rings is 1. The molecular weight excluding hydrogens is 284 g/mol. The summed E-state index contributed by atoms with van der Waals surface area (Å²) in [5.74, 6) is -0.298. The number of carbonyl (C=O) groups is 1. The van der Waals surface area contributed by atoms with E-state index in [9.17, 15) is 4.79 Å². The number of amides is 1. The smallest absolute Gasteiger partial charge is 0.257 e. The minimum Gasteiger partial charge on any atom is -0.320 e. The third kappa shape index (κ3) is 2.27. The summed E-state index contributed by atoms with van der Waals surface area (Å²) in [6.45, 7) is 0. The van der Waals surface area contributed by atoms with Gasteiger partial charge in [0, 0.05) is 12.4 Å². The Kier molecular flexibility index (Phi) is 3.10. The van der Waals surface area contributed by atoms with Crippen LogP contribution < -0.4 is 5.32 Å². The highest BCUT2D eigenvalue weighted by atomic mass is 35.5. The number of hydrogen-bond acceptors (Lipinski definition) is 5. The van der Waals surface area contributed by atoms with E-state index in [0.717, 1.165) is 17.2 Å². The Morgan fingerprint density at radius 1 is 1.26 bits per heavy atom. The zero-order chi connectivity index (χ0) is 13.2. The molecule has 0 aliphatic carbocycles. The molecule has 0 fully saturated rings. The van der Waals surface area contributed by atoms with E-state index in [-0.39, 0.29) is 5.91 Å². The molecule has 19 heavy (non-hydrogen) atoms. The lowest BCUT2D eigenvalue weighted by Crippen LogP contribution is -2.12. The molecule has 5 nitrogen and oxygen atoms in total. The standard InChI is InChI=1S/C12H7ClN4OS/c13-8-6-14-5-4-7(8)12(18)15-9-2-1-3-10-11(9)17-19-16-10/h1-6H,(H,15,18). The summed E-state index contributed by atoms with van der Waals surface area (Å²) >= 11 is 7.04. The van der Waals surface area contributed by atoms with Crippen LogP contribution in [0.3, 0.4) is 0 Å². The number of rotatable bonds is 2. The van der Waals surface area contributed by atoms with Gasteiger partial charge in [0.15, 0.2) is 0 Å². The lowest BCUT2D eigenvalue weighted by Gasteiger charge is -2.06. The van der Waals surface area contributed by atoms with Gasteiger partial charge in [0.2, 0.25) is 0 Å². The van der Waals surface area contributed by atoms with E-state index in [1.807, 2.05) is 12.1 Å². The topological polar surface area (TPSA) is 67.8 Å². The molecule has 0 radical (unpaired) electrons. The fourth-order valence-electron chi connectivity index (χ4n) is 1.66. The highest BCUT2D eigenvalue weighted by Gasteiger charge is 2.12. The van der Waals surface area contributed by atoms with Crippen LogP contribution in [0.1, 0.15) is 10.4 Å². The Balaban J connectivity index is 1.95. The lowest BCUT2D eigenvalue weighted by atomic mass is 10.2. The van der Waals surface area contributed by atoms with Crippen LogP contribution in [0.4, 0.5) is 5.69 Å². The van der Waals surface area contributed by atoms with Crippen LogP contribution in [-0.2, 0) is 0 Å². The van der Waals surface area contributed by atoms with Crippen molar-refractivity contribution in [2.45, 2.75) is 0 Å². The van der Waals surface area contributed by atoms with Gasteiger partial charge in [-0.05, 0) is 18.2 Å². The molecule has 2 aromatic heterocycles. The van der Waals surface area contributed by atoms with Crippen molar-refractivity contribution in [2.24, 2.45) is 0 Å². The molecule has 3 rings (SSSR count). The SMILES string of the molecule is O=C(Nc1cccc2nsnc12)c1ccncc1Cl. The van der Waals surface area contributed by atoms with Gasteiger partial charge in [-0.3, -0.25) is 9.78 Å². The minimum atomic E-state index is -0.298. The van der Waals surface area contributed by atoms with Crippen molar-refractivity contribution >= 4 is 46.0 Å². The van der Waals surface area contributed by atoms with Gasteiger partial charge in [-0.1, -0.05) is 17.7 Å². The predicted octanol–water partition coefficient (Wildman–Crippen LogP) is 2.99. The molecule has 0 spiro atoms. The number of carbonyl (C=O) groups excluding carboxylic acids is 1. The summed E-state index contributed by atoms with van der Waals surface area (Å²) in [7, 11) is 0. The first-order valence-corrected chi connectivity index (χ1v) is 6.48. The predicted molar refractivity (Wildman–Crippen MR) is 74.6 cm³/mol. The normalized spacial score (nSPS) is 10.6. The molecule has 0 atom stereocenters. The largest absolute Gasteiger partial charge is 0.320 e. The van der Waals surface area contributed by atoms with Crippen molar-refractivity contribution in [1.82, 2.24) is 13.7 Å². The van der Waals surface area contributed by atoms with Gasteiger partial charge in [-0.15, -0.1) is 0 Å². The van der Waals surface area contributed by atoms with E-state index in [2.05, 4.69) is 19.0 Å². The first kappa shape index (κ1) is 12.0. The maximum Gasteiger partial charge on any atom is 0.257 e. The van der Waals surface area contributed by atoms with Gasteiger partial charge in [-0.25, -0.2) is 0 Å². The average Bonchev–Trinajstić information content (AvgIpc) is 2.88. The molecular formula is C12H7ClN4OS. The van der Waals surface area contributed by atoms with Crippen LogP contribution in [0.25, 0.3) is 11.0 Å². The number of hydrogen-bond donors (Lipinski definition) is 1. The Hall–Kier alpha value is -2.05. The minimum absolute atomic E-state index is 0.298. The fourth-order valence-corrected chi connectivity index (χ4v) is 2.41. The highest BCUT2D eigenvalue weighted by Crippen LogP contribution is 2.22. The number of nitrogens with one attached hydrogen (secondary N) is 1. The van der Waals surface area contributed by atoms with Gasteiger partial charge in [0.05, 0.1) is 28.0 Å². The van der Waals surface area contributed by atoms with Crippen molar-refractivity contribution in [3.8, 4) is 0 Å². The van der Waals surface area contributed by atoms with E-state index in [4.69, 9.17) is 11.6 Å². The third-order valence-electron chi connectivity index (χ3n) is 2.55. The van der Waals surface area contributed by atoms with Gasteiger partial charge in [-0.2, -0.15) is 8.75 Å². The maximum atomic E-state index is 12.1. The molecule has 2 heterocycles. The van der Waals surface area contributed by atoms with Crippen LogP contribution in [-0.4, -0.2) is 19.6 Å². The number of anilines is 1. The summed E-state index contributed by atoms with van der Waals surface area (Å²) in [5.41, 5.74) is 2.41. The Bertz CT molecular complexity index is 758. The number of nitrogens with zero attached hydrogens (tertiary/aromatic N) is 3.